The van der Waals surface area contributed by atoms with Crippen molar-refractivity contribution in [2.75, 3.05) is 5.32 Å². The van der Waals surface area contributed by atoms with Crippen LogP contribution in [0.5, 0.6) is 0 Å². The van der Waals surface area contributed by atoms with Crippen molar-refractivity contribution in [3.63, 3.8) is 0 Å². The Bertz CT molecular complexity index is 749. The minimum Gasteiger partial charge on any atom is -0.331 e. The molecule has 1 atom stereocenters. The molecule has 2 N–H and O–H groups in total. The summed E-state index contributed by atoms with van der Waals surface area (Å²) in [7, 11) is 1.45. The van der Waals surface area contributed by atoms with Gasteiger partial charge in [0.15, 0.2) is 0 Å². The van der Waals surface area contributed by atoms with Crippen molar-refractivity contribution < 1.29 is 13.2 Å². The summed E-state index contributed by atoms with van der Waals surface area (Å²) in [4.78, 5) is 15.9. The molecule has 1 aromatic heterocycles. The van der Waals surface area contributed by atoms with Gasteiger partial charge in [0.05, 0.1) is 10.9 Å². The number of halogens is 1. The van der Waals surface area contributed by atoms with Crippen LogP contribution in [0.3, 0.4) is 0 Å². The molecule has 6 nitrogen and oxygen atoms in total. The Labute approximate surface area is 132 Å². The monoisotopic (exact) mass is 339 g/mol. The molecule has 0 fully saturated rings. The van der Waals surface area contributed by atoms with Crippen molar-refractivity contribution in [3.8, 4) is 0 Å². The van der Waals surface area contributed by atoms with Crippen LogP contribution in [-0.4, -0.2) is 19.4 Å². The van der Waals surface area contributed by atoms with Crippen LogP contribution in [0.4, 0.5) is 10.5 Å². The molecule has 0 saturated carbocycles. The molecule has 0 bridgehead atoms. The first-order valence-electron chi connectivity index (χ1n) is 6.38. The Kier molecular flexibility index (Phi) is 4.99. The highest BCUT2D eigenvalue weighted by molar-refractivity contribution is 8.13. The van der Waals surface area contributed by atoms with Gasteiger partial charge in [0.1, 0.15) is 0 Å². The number of rotatable bonds is 4. The highest BCUT2D eigenvalue weighted by atomic mass is 35.7. The van der Waals surface area contributed by atoms with E-state index in [1.807, 2.05) is 13.0 Å². The van der Waals surface area contributed by atoms with Gasteiger partial charge < -0.3 is 10.6 Å². The standard InChI is InChI=1S/C14H14ClN3O3S/c1-10(11-3-2-8-16-9-11)17-14(19)18-12-4-6-13(7-5-12)22(15,20)21/h2-10H,1H3,(H2,17,18,19). The van der Waals surface area contributed by atoms with E-state index in [-0.39, 0.29) is 10.9 Å². The van der Waals surface area contributed by atoms with Crippen LogP contribution in [0.1, 0.15) is 18.5 Å². The second kappa shape index (κ2) is 6.76. The molecule has 0 spiro atoms. The summed E-state index contributed by atoms with van der Waals surface area (Å²) in [6.07, 6.45) is 3.33. The van der Waals surface area contributed by atoms with Gasteiger partial charge in [-0.15, -0.1) is 0 Å². The molecular formula is C14H14ClN3O3S. The van der Waals surface area contributed by atoms with Gasteiger partial charge >= 0.3 is 6.03 Å². The fourth-order valence-corrected chi connectivity index (χ4v) is 2.55. The average Bonchev–Trinajstić information content (AvgIpc) is 2.47. The minimum atomic E-state index is -3.77. The first kappa shape index (κ1) is 16.3. The Morgan fingerprint density at radius 2 is 1.91 bits per heavy atom. The maximum atomic E-state index is 11.9. The molecule has 0 radical (unpaired) electrons. The Balaban J connectivity index is 1.98. The van der Waals surface area contributed by atoms with Crippen molar-refractivity contribution in [3.05, 3.63) is 54.4 Å². The highest BCUT2D eigenvalue weighted by Crippen LogP contribution is 2.18. The first-order chi connectivity index (χ1) is 10.4. The van der Waals surface area contributed by atoms with Gasteiger partial charge in [0.2, 0.25) is 0 Å². The van der Waals surface area contributed by atoms with Gasteiger partial charge in [0.25, 0.3) is 9.05 Å². The maximum absolute atomic E-state index is 11.9. The summed E-state index contributed by atoms with van der Waals surface area (Å²) in [6.45, 7) is 1.83. The minimum absolute atomic E-state index is 0.0242. The number of anilines is 1. The van der Waals surface area contributed by atoms with Gasteiger partial charge in [-0.3, -0.25) is 4.98 Å². The summed E-state index contributed by atoms with van der Waals surface area (Å²) in [5, 5.41) is 5.37. The zero-order valence-electron chi connectivity index (χ0n) is 11.7. The van der Waals surface area contributed by atoms with Crippen LogP contribution in [0.25, 0.3) is 0 Å². The molecule has 116 valence electrons. The highest BCUT2D eigenvalue weighted by Gasteiger charge is 2.11. The number of amides is 2. The van der Waals surface area contributed by atoms with Gasteiger partial charge in [-0.25, -0.2) is 13.2 Å². The van der Waals surface area contributed by atoms with E-state index in [9.17, 15) is 13.2 Å². The van der Waals surface area contributed by atoms with Crippen LogP contribution in [-0.2, 0) is 9.05 Å². The molecule has 8 heteroatoms. The van der Waals surface area contributed by atoms with Crippen LogP contribution in [0.15, 0.2) is 53.7 Å². The second-order valence-corrected chi connectivity index (χ2v) is 7.13. The third-order valence-electron chi connectivity index (χ3n) is 2.93. The predicted molar refractivity (Wildman–Crippen MR) is 84.3 cm³/mol. The number of carbonyl (C=O) groups excluding carboxylic acids is 1. The smallest absolute Gasteiger partial charge is 0.319 e. The summed E-state index contributed by atoms with van der Waals surface area (Å²) >= 11 is 0. The lowest BCUT2D eigenvalue weighted by atomic mass is 10.1. The number of benzene rings is 1. The van der Waals surface area contributed by atoms with Crippen molar-refractivity contribution >= 4 is 31.5 Å². The number of nitrogens with one attached hydrogen (secondary N) is 2. The largest absolute Gasteiger partial charge is 0.331 e. The SMILES string of the molecule is CC(NC(=O)Nc1ccc(S(=O)(=O)Cl)cc1)c1cccnc1. The third-order valence-corrected chi connectivity index (χ3v) is 4.30. The molecule has 1 heterocycles. The molecule has 2 amide bonds. The summed E-state index contributed by atoms with van der Waals surface area (Å²) in [5.74, 6) is 0. The van der Waals surface area contributed by atoms with Gasteiger partial charge in [-0.2, -0.15) is 0 Å². The van der Waals surface area contributed by atoms with E-state index in [1.165, 1.54) is 24.3 Å². The summed E-state index contributed by atoms with van der Waals surface area (Å²) < 4.78 is 22.3. The van der Waals surface area contributed by atoms with Crippen LogP contribution in [0, 0.1) is 0 Å². The fourth-order valence-electron chi connectivity index (χ4n) is 1.78. The Morgan fingerprint density at radius 3 is 2.45 bits per heavy atom. The molecule has 1 aromatic carbocycles. The van der Waals surface area contributed by atoms with Gasteiger partial charge in [-0.1, -0.05) is 6.07 Å². The summed E-state index contributed by atoms with van der Waals surface area (Å²) in [6, 6.07) is 8.60. The number of hydrogen-bond donors (Lipinski definition) is 2. The molecule has 2 rings (SSSR count). The molecule has 1 unspecified atom stereocenters. The van der Waals surface area contributed by atoms with Crippen molar-refractivity contribution in [2.45, 2.75) is 17.9 Å². The predicted octanol–water partition coefficient (Wildman–Crippen LogP) is 2.89. The number of pyridine rings is 1. The van der Waals surface area contributed by atoms with E-state index < -0.39 is 15.1 Å². The lowest BCUT2D eigenvalue weighted by molar-refractivity contribution is 0.249. The molecule has 0 saturated heterocycles. The number of urea groups is 1. The summed E-state index contributed by atoms with van der Waals surface area (Å²) in [5.41, 5.74) is 1.33. The van der Waals surface area contributed by atoms with E-state index in [0.29, 0.717) is 5.69 Å². The molecule has 2 aromatic rings. The topological polar surface area (TPSA) is 88.2 Å². The van der Waals surface area contributed by atoms with Crippen molar-refractivity contribution in [1.82, 2.24) is 10.3 Å². The van der Waals surface area contributed by atoms with E-state index >= 15 is 0 Å². The van der Waals surface area contributed by atoms with E-state index in [0.717, 1.165) is 5.56 Å². The van der Waals surface area contributed by atoms with Gasteiger partial charge in [0, 0.05) is 28.8 Å². The quantitative estimate of drug-likeness (QED) is 0.838. The fraction of sp³-hybridized carbons (Fsp3) is 0.143. The van der Waals surface area contributed by atoms with Gasteiger partial charge in [-0.05, 0) is 42.8 Å². The molecular weight excluding hydrogens is 326 g/mol. The van der Waals surface area contributed by atoms with E-state index in [1.54, 1.807) is 18.5 Å². The first-order valence-corrected chi connectivity index (χ1v) is 8.69. The molecule has 0 aliphatic rings. The van der Waals surface area contributed by atoms with E-state index in [2.05, 4.69) is 15.6 Å². The Hall–Kier alpha value is -2.12. The second-order valence-electron chi connectivity index (χ2n) is 4.57. The number of aromatic nitrogens is 1. The third kappa shape index (κ3) is 4.44. The Morgan fingerprint density at radius 1 is 1.23 bits per heavy atom. The lowest BCUT2D eigenvalue weighted by Crippen LogP contribution is -2.31. The van der Waals surface area contributed by atoms with E-state index in [4.69, 9.17) is 10.7 Å². The van der Waals surface area contributed by atoms with Crippen LogP contribution in [0.2, 0.25) is 0 Å². The van der Waals surface area contributed by atoms with Crippen molar-refractivity contribution in [2.24, 2.45) is 0 Å². The zero-order valence-corrected chi connectivity index (χ0v) is 13.2. The van der Waals surface area contributed by atoms with Crippen molar-refractivity contribution in [1.29, 1.82) is 0 Å². The zero-order chi connectivity index (χ0) is 16.2. The number of nitrogens with zero attached hydrogens (tertiary/aromatic N) is 1. The maximum Gasteiger partial charge on any atom is 0.319 e. The average molecular weight is 340 g/mol. The lowest BCUT2D eigenvalue weighted by Gasteiger charge is -2.14. The normalized spacial score (nSPS) is 12.5. The van der Waals surface area contributed by atoms with Crippen LogP contribution >= 0.6 is 10.7 Å². The van der Waals surface area contributed by atoms with Crippen LogP contribution < -0.4 is 10.6 Å². The molecule has 0 aliphatic carbocycles. The number of hydrogen-bond acceptors (Lipinski definition) is 4. The molecule has 0 aliphatic heterocycles. The molecule has 22 heavy (non-hydrogen) atoms. The number of carbonyl (C=O) groups is 1.